The van der Waals surface area contributed by atoms with E-state index < -0.39 is 0 Å². The van der Waals surface area contributed by atoms with Crippen LogP contribution in [0, 0.1) is 0 Å². The first-order valence-electron chi connectivity index (χ1n) is 7.05. The highest BCUT2D eigenvalue weighted by Crippen LogP contribution is 2.11. The molecule has 1 heterocycles. The summed E-state index contributed by atoms with van der Waals surface area (Å²) < 4.78 is 0. The number of hydrogen-bond donors (Lipinski definition) is 3. The third kappa shape index (κ3) is 7.00. The van der Waals surface area contributed by atoms with Gasteiger partial charge in [0.15, 0.2) is 0 Å². The number of carbonyl (C=O) groups is 2. The molecule has 0 aromatic carbocycles. The average molecular weight is 270 g/mol. The maximum absolute atomic E-state index is 11.6. The van der Waals surface area contributed by atoms with E-state index in [9.17, 15) is 9.59 Å². The predicted octanol–water partition coefficient (Wildman–Crippen LogP) is 0.296. The normalized spacial score (nSPS) is 18.7. The maximum Gasteiger partial charge on any atom is 0.316 e. The van der Waals surface area contributed by atoms with Gasteiger partial charge >= 0.3 is 6.03 Å². The average Bonchev–Trinajstić information content (AvgIpc) is 2.42. The molecule has 6 heteroatoms. The third-order valence-electron chi connectivity index (χ3n) is 3.26. The number of carbonyl (C=O) groups excluding carboxylic acids is 2. The monoisotopic (exact) mass is 270 g/mol. The van der Waals surface area contributed by atoms with Crippen LogP contribution in [0.25, 0.3) is 0 Å². The van der Waals surface area contributed by atoms with Crippen molar-refractivity contribution in [3.8, 4) is 0 Å². The Hall–Kier alpha value is -1.30. The molecule has 19 heavy (non-hydrogen) atoms. The Labute approximate surface area is 115 Å². The van der Waals surface area contributed by atoms with Gasteiger partial charge in [0.05, 0.1) is 0 Å². The Kier molecular flexibility index (Phi) is 7.25. The number of nitrogens with one attached hydrogen (secondary N) is 3. The molecule has 1 unspecified atom stereocenters. The summed E-state index contributed by atoms with van der Waals surface area (Å²) in [4.78, 5) is 24.3. The second-order valence-corrected chi connectivity index (χ2v) is 5.16. The van der Waals surface area contributed by atoms with Gasteiger partial charge in [0.25, 0.3) is 0 Å². The van der Waals surface area contributed by atoms with Crippen molar-refractivity contribution >= 4 is 11.9 Å². The Bertz CT molecular complexity index is 288. The second-order valence-electron chi connectivity index (χ2n) is 5.16. The van der Waals surface area contributed by atoms with Gasteiger partial charge in [-0.1, -0.05) is 6.42 Å². The van der Waals surface area contributed by atoms with Crippen LogP contribution in [0.2, 0.25) is 0 Å². The molecule has 6 nitrogen and oxygen atoms in total. The van der Waals surface area contributed by atoms with Crippen LogP contribution in [0.15, 0.2) is 0 Å². The van der Waals surface area contributed by atoms with E-state index in [0.717, 1.165) is 13.0 Å². The number of piperidine rings is 1. The summed E-state index contributed by atoms with van der Waals surface area (Å²) in [5.41, 5.74) is 0. The van der Waals surface area contributed by atoms with Gasteiger partial charge in [-0.25, -0.2) is 4.79 Å². The summed E-state index contributed by atoms with van der Waals surface area (Å²) in [6.07, 6.45) is 5.13. The molecule has 1 aliphatic heterocycles. The summed E-state index contributed by atoms with van der Waals surface area (Å²) >= 11 is 0. The predicted molar refractivity (Wildman–Crippen MR) is 75.0 cm³/mol. The first-order valence-corrected chi connectivity index (χ1v) is 7.05. The molecule has 1 saturated heterocycles. The Morgan fingerprint density at radius 3 is 2.58 bits per heavy atom. The van der Waals surface area contributed by atoms with E-state index in [1.165, 1.54) is 24.2 Å². The van der Waals surface area contributed by atoms with Gasteiger partial charge in [0.1, 0.15) is 0 Å². The van der Waals surface area contributed by atoms with Gasteiger partial charge in [-0.2, -0.15) is 0 Å². The second kappa shape index (κ2) is 8.74. The van der Waals surface area contributed by atoms with Crippen molar-refractivity contribution < 1.29 is 9.59 Å². The van der Waals surface area contributed by atoms with Crippen LogP contribution in [0.1, 0.15) is 32.1 Å². The van der Waals surface area contributed by atoms with Gasteiger partial charge < -0.3 is 20.9 Å². The van der Waals surface area contributed by atoms with E-state index in [1.807, 2.05) is 0 Å². The Morgan fingerprint density at radius 1 is 1.21 bits per heavy atom. The van der Waals surface area contributed by atoms with Crippen LogP contribution in [0.5, 0.6) is 0 Å². The van der Waals surface area contributed by atoms with E-state index in [2.05, 4.69) is 16.0 Å². The van der Waals surface area contributed by atoms with Crippen LogP contribution in [-0.2, 0) is 4.79 Å². The minimum Gasteiger partial charge on any atom is -0.354 e. The standard InChI is InChI=1S/C13H26N4O2/c1-17(2)13(19)16-10-9-15-12(18)7-6-11-5-3-4-8-14-11/h11,14H,3-10H2,1-2H3,(H,15,18)(H,16,19). The van der Waals surface area contributed by atoms with Crippen molar-refractivity contribution in [1.82, 2.24) is 20.9 Å². The van der Waals surface area contributed by atoms with Gasteiger partial charge in [-0.15, -0.1) is 0 Å². The van der Waals surface area contributed by atoms with Crippen LogP contribution >= 0.6 is 0 Å². The maximum atomic E-state index is 11.6. The molecule has 1 atom stereocenters. The first-order chi connectivity index (χ1) is 9.09. The smallest absolute Gasteiger partial charge is 0.316 e. The quantitative estimate of drug-likeness (QED) is 0.608. The highest BCUT2D eigenvalue weighted by molar-refractivity contribution is 5.76. The fraction of sp³-hybridized carbons (Fsp3) is 0.846. The number of urea groups is 1. The summed E-state index contributed by atoms with van der Waals surface area (Å²) in [7, 11) is 3.37. The van der Waals surface area contributed by atoms with Gasteiger partial charge in [0, 0.05) is 39.6 Å². The lowest BCUT2D eigenvalue weighted by Crippen LogP contribution is -2.40. The molecule has 110 valence electrons. The zero-order chi connectivity index (χ0) is 14.1. The molecular weight excluding hydrogens is 244 g/mol. The lowest BCUT2D eigenvalue weighted by atomic mass is 10.0. The molecule has 0 aliphatic carbocycles. The zero-order valence-corrected chi connectivity index (χ0v) is 12.0. The van der Waals surface area contributed by atoms with Gasteiger partial charge in [-0.05, 0) is 25.8 Å². The Balaban J connectivity index is 2.00. The fourth-order valence-electron chi connectivity index (χ4n) is 2.09. The van der Waals surface area contributed by atoms with E-state index >= 15 is 0 Å². The van der Waals surface area contributed by atoms with Crippen molar-refractivity contribution in [1.29, 1.82) is 0 Å². The number of hydrogen-bond acceptors (Lipinski definition) is 3. The molecule has 0 aromatic rings. The molecule has 0 spiro atoms. The molecule has 0 aromatic heterocycles. The van der Waals surface area contributed by atoms with Crippen molar-refractivity contribution in [2.45, 2.75) is 38.1 Å². The van der Waals surface area contributed by atoms with Crippen LogP contribution in [0.4, 0.5) is 4.79 Å². The minimum atomic E-state index is -0.138. The fourth-order valence-corrected chi connectivity index (χ4v) is 2.09. The summed E-state index contributed by atoms with van der Waals surface area (Å²) in [6.45, 7) is 2.02. The molecule has 1 fully saturated rings. The van der Waals surface area contributed by atoms with Crippen LogP contribution in [0.3, 0.4) is 0 Å². The third-order valence-corrected chi connectivity index (χ3v) is 3.26. The van der Waals surface area contributed by atoms with Crippen molar-refractivity contribution in [2.24, 2.45) is 0 Å². The number of amides is 3. The highest BCUT2D eigenvalue weighted by Gasteiger charge is 2.13. The molecule has 1 rings (SSSR count). The summed E-state index contributed by atoms with van der Waals surface area (Å²) in [6, 6.07) is 0.355. The van der Waals surface area contributed by atoms with E-state index in [1.54, 1.807) is 14.1 Å². The first kappa shape index (κ1) is 15.8. The Morgan fingerprint density at radius 2 is 1.95 bits per heavy atom. The van der Waals surface area contributed by atoms with Crippen LogP contribution in [-0.4, -0.2) is 56.6 Å². The van der Waals surface area contributed by atoms with Crippen molar-refractivity contribution in [2.75, 3.05) is 33.7 Å². The minimum absolute atomic E-state index is 0.0616. The number of rotatable bonds is 6. The summed E-state index contributed by atoms with van der Waals surface area (Å²) in [5.74, 6) is 0.0616. The summed E-state index contributed by atoms with van der Waals surface area (Å²) in [5, 5.41) is 8.95. The van der Waals surface area contributed by atoms with E-state index in [0.29, 0.717) is 25.6 Å². The molecule has 3 amide bonds. The topological polar surface area (TPSA) is 73.5 Å². The van der Waals surface area contributed by atoms with Crippen molar-refractivity contribution in [3.63, 3.8) is 0 Å². The molecule has 0 saturated carbocycles. The molecule has 0 bridgehead atoms. The molecule has 3 N–H and O–H groups in total. The van der Waals surface area contributed by atoms with E-state index in [4.69, 9.17) is 0 Å². The van der Waals surface area contributed by atoms with E-state index in [-0.39, 0.29) is 11.9 Å². The zero-order valence-electron chi connectivity index (χ0n) is 12.0. The van der Waals surface area contributed by atoms with Gasteiger partial charge in [-0.3, -0.25) is 4.79 Å². The molecule has 0 radical (unpaired) electrons. The molecule has 1 aliphatic rings. The van der Waals surface area contributed by atoms with Crippen LogP contribution < -0.4 is 16.0 Å². The lowest BCUT2D eigenvalue weighted by molar-refractivity contribution is -0.121. The van der Waals surface area contributed by atoms with Gasteiger partial charge in [0.2, 0.25) is 5.91 Å². The number of nitrogens with zero attached hydrogens (tertiary/aromatic N) is 1. The van der Waals surface area contributed by atoms with Crippen molar-refractivity contribution in [3.05, 3.63) is 0 Å². The SMILES string of the molecule is CN(C)C(=O)NCCNC(=O)CCC1CCCCN1. The molecular formula is C13H26N4O2. The highest BCUT2D eigenvalue weighted by atomic mass is 16.2. The largest absolute Gasteiger partial charge is 0.354 e. The lowest BCUT2D eigenvalue weighted by Gasteiger charge is -2.23.